The van der Waals surface area contributed by atoms with Gasteiger partial charge in [0.15, 0.2) is 0 Å². The van der Waals surface area contributed by atoms with Gasteiger partial charge in [-0.05, 0) is 21.9 Å². The number of aromatic nitrogens is 4. The standard InChI is InChI=1S/C9H8ClN5OS/c1-6(10)4-11-9(16)8-7(2-3-17-8)15-5-12-13-14-15/h2-3,5H,1,4H2,(H,11,16). The Morgan fingerprint density at radius 3 is 3.12 bits per heavy atom. The largest absolute Gasteiger partial charge is 0.346 e. The molecular weight excluding hydrogens is 262 g/mol. The summed E-state index contributed by atoms with van der Waals surface area (Å²) in [6.45, 7) is 3.73. The van der Waals surface area contributed by atoms with Gasteiger partial charge in [-0.2, -0.15) is 4.68 Å². The van der Waals surface area contributed by atoms with Crippen molar-refractivity contribution >= 4 is 28.8 Å². The predicted octanol–water partition coefficient (Wildman–Crippen LogP) is 1.21. The van der Waals surface area contributed by atoms with E-state index in [4.69, 9.17) is 11.6 Å². The number of amides is 1. The lowest BCUT2D eigenvalue weighted by Crippen LogP contribution is -2.24. The van der Waals surface area contributed by atoms with Crippen LogP contribution in [-0.4, -0.2) is 32.7 Å². The number of nitrogens with one attached hydrogen (secondary N) is 1. The molecule has 0 saturated carbocycles. The maximum atomic E-state index is 11.8. The van der Waals surface area contributed by atoms with Gasteiger partial charge in [0.05, 0.1) is 12.2 Å². The zero-order valence-electron chi connectivity index (χ0n) is 8.63. The lowest BCUT2D eigenvalue weighted by Gasteiger charge is -2.04. The summed E-state index contributed by atoms with van der Waals surface area (Å²) in [6.07, 6.45) is 1.43. The molecule has 2 rings (SSSR count). The summed E-state index contributed by atoms with van der Waals surface area (Å²) in [4.78, 5) is 12.4. The minimum atomic E-state index is -0.229. The molecule has 6 nitrogen and oxygen atoms in total. The Kier molecular flexibility index (Phi) is 3.50. The molecule has 0 aliphatic heterocycles. The molecule has 2 aromatic heterocycles. The first-order valence-corrected chi connectivity index (χ1v) is 5.86. The van der Waals surface area contributed by atoms with Crippen molar-refractivity contribution in [1.29, 1.82) is 0 Å². The third kappa shape index (κ3) is 2.69. The Morgan fingerprint density at radius 2 is 2.47 bits per heavy atom. The Hall–Kier alpha value is -1.73. The van der Waals surface area contributed by atoms with Crippen LogP contribution in [0.1, 0.15) is 9.67 Å². The molecule has 2 aromatic rings. The smallest absolute Gasteiger partial charge is 0.263 e. The van der Waals surface area contributed by atoms with E-state index in [1.807, 2.05) is 0 Å². The molecule has 0 radical (unpaired) electrons. The van der Waals surface area contributed by atoms with Crippen LogP contribution in [0.25, 0.3) is 5.69 Å². The van der Waals surface area contributed by atoms with Crippen molar-refractivity contribution in [3.05, 3.63) is 34.3 Å². The molecule has 0 fully saturated rings. The first kappa shape index (κ1) is 11.7. The van der Waals surface area contributed by atoms with E-state index in [9.17, 15) is 4.79 Å². The summed E-state index contributed by atoms with van der Waals surface area (Å²) in [7, 11) is 0. The molecule has 0 saturated heterocycles. The topological polar surface area (TPSA) is 72.7 Å². The highest BCUT2D eigenvalue weighted by Gasteiger charge is 2.15. The van der Waals surface area contributed by atoms with Gasteiger partial charge in [-0.1, -0.05) is 18.2 Å². The number of tetrazole rings is 1. The highest BCUT2D eigenvalue weighted by molar-refractivity contribution is 7.12. The molecule has 0 atom stereocenters. The number of hydrogen-bond acceptors (Lipinski definition) is 5. The molecule has 1 N–H and O–H groups in total. The third-order valence-corrected chi connectivity index (χ3v) is 2.92. The first-order valence-electron chi connectivity index (χ1n) is 4.61. The monoisotopic (exact) mass is 269 g/mol. The van der Waals surface area contributed by atoms with Gasteiger partial charge >= 0.3 is 0 Å². The molecule has 0 aromatic carbocycles. The van der Waals surface area contributed by atoms with Gasteiger partial charge in [-0.25, -0.2) is 0 Å². The molecule has 8 heteroatoms. The molecule has 0 unspecified atom stereocenters. The minimum absolute atomic E-state index is 0.229. The summed E-state index contributed by atoms with van der Waals surface area (Å²) < 4.78 is 1.43. The highest BCUT2D eigenvalue weighted by atomic mass is 35.5. The lowest BCUT2D eigenvalue weighted by atomic mass is 10.3. The zero-order valence-corrected chi connectivity index (χ0v) is 10.2. The average molecular weight is 270 g/mol. The van der Waals surface area contributed by atoms with E-state index >= 15 is 0 Å². The van der Waals surface area contributed by atoms with Crippen LogP contribution >= 0.6 is 22.9 Å². The van der Waals surface area contributed by atoms with E-state index in [0.717, 1.165) is 0 Å². The summed E-state index contributed by atoms with van der Waals surface area (Å²) in [6, 6.07) is 1.77. The second-order valence-electron chi connectivity index (χ2n) is 3.09. The van der Waals surface area contributed by atoms with Crippen LogP contribution in [0.4, 0.5) is 0 Å². The van der Waals surface area contributed by atoms with Gasteiger partial charge in [0, 0.05) is 5.03 Å². The fraction of sp³-hybridized carbons (Fsp3) is 0.111. The van der Waals surface area contributed by atoms with Crippen molar-refractivity contribution in [3.63, 3.8) is 0 Å². The minimum Gasteiger partial charge on any atom is -0.346 e. The van der Waals surface area contributed by atoms with Crippen LogP contribution in [-0.2, 0) is 0 Å². The Balaban J connectivity index is 2.19. The predicted molar refractivity (Wildman–Crippen MR) is 64.4 cm³/mol. The van der Waals surface area contributed by atoms with Gasteiger partial charge in [0.25, 0.3) is 5.91 Å². The van der Waals surface area contributed by atoms with Crippen LogP contribution < -0.4 is 5.32 Å². The van der Waals surface area contributed by atoms with Gasteiger partial charge in [-0.15, -0.1) is 16.4 Å². The molecule has 2 heterocycles. The number of nitrogens with zero attached hydrogens (tertiary/aromatic N) is 4. The van der Waals surface area contributed by atoms with Crippen LogP contribution in [0, 0.1) is 0 Å². The quantitative estimate of drug-likeness (QED) is 0.905. The number of hydrogen-bond donors (Lipinski definition) is 1. The van der Waals surface area contributed by atoms with Crippen LogP contribution in [0.2, 0.25) is 0 Å². The molecule has 0 spiro atoms. The lowest BCUT2D eigenvalue weighted by molar-refractivity contribution is 0.0961. The number of carbonyl (C=O) groups is 1. The fourth-order valence-electron chi connectivity index (χ4n) is 1.18. The molecular formula is C9H8ClN5OS. The van der Waals surface area contributed by atoms with Crippen molar-refractivity contribution < 1.29 is 4.79 Å². The average Bonchev–Trinajstić information content (AvgIpc) is 2.94. The summed E-state index contributed by atoms with van der Waals surface area (Å²) in [5.41, 5.74) is 0.637. The molecule has 0 aliphatic carbocycles. The SMILES string of the molecule is C=C(Cl)CNC(=O)c1sccc1-n1cnnn1. The van der Waals surface area contributed by atoms with E-state index in [1.165, 1.54) is 22.3 Å². The van der Waals surface area contributed by atoms with Gasteiger partial charge in [0.1, 0.15) is 11.2 Å². The van der Waals surface area contributed by atoms with Crippen molar-refractivity contribution in [2.24, 2.45) is 0 Å². The second kappa shape index (κ2) is 5.07. The first-order chi connectivity index (χ1) is 8.18. The van der Waals surface area contributed by atoms with Crippen LogP contribution in [0.3, 0.4) is 0 Å². The van der Waals surface area contributed by atoms with Gasteiger partial charge < -0.3 is 5.32 Å². The normalized spacial score (nSPS) is 10.2. The number of thiophene rings is 1. The van der Waals surface area contributed by atoms with Gasteiger partial charge in [-0.3, -0.25) is 4.79 Å². The fourth-order valence-corrected chi connectivity index (χ4v) is 2.04. The van der Waals surface area contributed by atoms with Crippen LogP contribution in [0.5, 0.6) is 0 Å². The van der Waals surface area contributed by atoms with Gasteiger partial charge in [0.2, 0.25) is 0 Å². The van der Waals surface area contributed by atoms with Crippen molar-refractivity contribution in [1.82, 2.24) is 25.5 Å². The second-order valence-corrected chi connectivity index (χ2v) is 4.54. The summed E-state index contributed by atoms with van der Waals surface area (Å²) in [5.74, 6) is -0.229. The zero-order chi connectivity index (χ0) is 12.3. The van der Waals surface area contributed by atoms with Crippen molar-refractivity contribution in [3.8, 4) is 5.69 Å². The Bertz CT molecular complexity index is 535. The Labute approximate surface area is 106 Å². The van der Waals surface area contributed by atoms with E-state index in [1.54, 1.807) is 11.4 Å². The van der Waals surface area contributed by atoms with E-state index in [0.29, 0.717) is 15.6 Å². The third-order valence-electron chi connectivity index (χ3n) is 1.89. The molecule has 88 valence electrons. The maximum Gasteiger partial charge on any atom is 0.263 e. The number of halogens is 1. The summed E-state index contributed by atoms with van der Waals surface area (Å²) in [5, 5.41) is 15.6. The molecule has 1 amide bonds. The number of rotatable bonds is 4. The molecule has 0 bridgehead atoms. The summed E-state index contributed by atoms with van der Waals surface area (Å²) >= 11 is 6.89. The van der Waals surface area contributed by atoms with E-state index in [2.05, 4.69) is 27.4 Å². The van der Waals surface area contributed by atoms with E-state index in [-0.39, 0.29) is 12.5 Å². The highest BCUT2D eigenvalue weighted by Crippen LogP contribution is 2.19. The van der Waals surface area contributed by atoms with Crippen molar-refractivity contribution in [2.45, 2.75) is 0 Å². The number of carbonyl (C=O) groups excluding carboxylic acids is 1. The Morgan fingerprint density at radius 1 is 1.65 bits per heavy atom. The molecule has 17 heavy (non-hydrogen) atoms. The maximum absolute atomic E-state index is 11.8. The molecule has 0 aliphatic rings. The van der Waals surface area contributed by atoms with Crippen molar-refractivity contribution in [2.75, 3.05) is 6.54 Å². The van der Waals surface area contributed by atoms with E-state index < -0.39 is 0 Å². The van der Waals surface area contributed by atoms with Crippen LogP contribution in [0.15, 0.2) is 29.4 Å².